The van der Waals surface area contributed by atoms with Crippen molar-refractivity contribution in [3.8, 4) is 0 Å². The van der Waals surface area contributed by atoms with Crippen LogP contribution < -0.4 is 5.73 Å². The lowest BCUT2D eigenvalue weighted by Gasteiger charge is -2.36. The number of rotatable bonds is 7. The van der Waals surface area contributed by atoms with Crippen LogP contribution in [0.25, 0.3) is 0 Å². The summed E-state index contributed by atoms with van der Waals surface area (Å²) < 4.78 is 0. The summed E-state index contributed by atoms with van der Waals surface area (Å²) >= 11 is 0. The van der Waals surface area contributed by atoms with E-state index < -0.39 is 0 Å². The van der Waals surface area contributed by atoms with Gasteiger partial charge in [-0.05, 0) is 47.6 Å². The minimum atomic E-state index is -0.174. The highest BCUT2D eigenvalue weighted by Gasteiger charge is 2.35. The molecule has 3 aromatic carbocycles. The molecular weight excluding hydrogens is 314 g/mol. The first-order valence-corrected chi connectivity index (χ1v) is 9.60. The Morgan fingerprint density at radius 3 is 1.77 bits per heavy atom. The predicted octanol–water partition coefficient (Wildman–Crippen LogP) is 5.88. The molecule has 0 saturated carbocycles. The lowest BCUT2D eigenvalue weighted by atomic mass is 9.66. The van der Waals surface area contributed by atoms with E-state index in [2.05, 4.69) is 98.8 Å². The molecule has 0 aromatic heterocycles. The Hall–Kier alpha value is -2.38. The van der Waals surface area contributed by atoms with Crippen molar-refractivity contribution in [2.75, 3.05) is 6.54 Å². The molecule has 0 fully saturated rings. The van der Waals surface area contributed by atoms with Crippen LogP contribution in [0.5, 0.6) is 0 Å². The monoisotopic (exact) mass is 343 g/mol. The topological polar surface area (TPSA) is 26.0 Å². The molecule has 26 heavy (non-hydrogen) atoms. The van der Waals surface area contributed by atoms with E-state index >= 15 is 0 Å². The van der Waals surface area contributed by atoms with Crippen molar-refractivity contribution in [2.24, 2.45) is 5.73 Å². The highest BCUT2D eigenvalue weighted by Crippen LogP contribution is 2.43. The van der Waals surface area contributed by atoms with Crippen molar-refractivity contribution in [2.45, 2.75) is 38.0 Å². The molecule has 0 aliphatic rings. The van der Waals surface area contributed by atoms with E-state index in [1.54, 1.807) is 0 Å². The maximum Gasteiger partial charge on any atom is 0.0451 e. The Labute approximate surface area is 157 Å². The van der Waals surface area contributed by atoms with Crippen molar-refractivity contribution in [1.29, 1.82) is 0 Å². The lowest BCUT2D eigenvalue weighted by molar-refractivity contribution is 0.536. The van der Waals surface area contributed by atoms with E-state index in [1.165, 1.54) is 22.3 Å². The molecule has 3 rings (SSSR count). The van der Waals surface area contributed by atoms with Gasteiger partial charge in [0.15, 0.2) is 0 Å². The fourth-order valence-electron chi connectivity index (χ4n) is 3.91. The number of benzene rings is 3. The average Bonchev–Trinajstić information content (AvgIpc) is 2.70. The summed E-state index contributed by atoms with van der Waals surface area (Å²) in [6.45, 7) is 5.21. The van der Waals surface area contributed by atoms with Crippen molar-refractivity contribution in [3.63, 3.8) is 0 Å². The van der Waals surface area contributed by atoms with Gasteiger partial charge in [0, 0.05) is 5.41 Å². The summed E-state index contributed by atoms with van der Waals surface area (Å²) in [5.41, 5.74) is 11.2. The van der Waals surface area contributed by atoms with Gasteiger partial charge in [0.05, 0.1) is 0 Å². The summed E-state index contributed by atoms with van der Waals surface area (Å²) in [4.78, 5) is 0. The smallest absolute Gasteiger partial charge is 0.0451 e. The second-order valence-electron chi connectivity index (χ2n) is 7.31. The molecule has 0 amide bonds. The van der Waals surface area contributed by atoms with Gasteiger partial charge in [0.1, 0.15) is 0 Å². The van der Waals surface area contributed by atoms with Crippen LogP contribution >= 0.6 is 0 Å². The molecule has 0 spiro atoms. The van der Waals surface area contributed by atoms with Crippen molar-refractivity contribution in [3.05, 3.63) is 107 Å². The fourth-order valence-corrected chi connectivity index (χ4v) is 3.91. The highest BCUT2D eigenvalue weighted by atomic mass is 14.5. The second kappa shape index (κ2) is 8.33. The van der Waals surface area contributed by atoms with E-state index in [9.17, 15) is 0 Å². The van der Waals surface area contributed by atoms with Crippen molar-refractivity contribution < 1.29 is 0 Å². The molecule has 1 nitrogen and oxygen atoms in total. The van der Waals surface area contributed by atoms with Gasteiger partial charge in [-0.1, -0.05) is 98.8 Å². The van der Waals surface area contributed by atoms with Crippen LogP contribution in [0, 0.1) is 0 Å². The normalized spacial score (nSPS) is 11.7. The zero-order chi connectivity index (χ0) is 18.4. The third-order valence-electron chi connectivity index (χ3n) is 5.34. The number of hydrogen-bond acceptors (Lipinski definition) is 1. The molecule has 3 aromatic rings. The standard InChI is InChI=1S/C25H29N/c1-20(2)21-11-9-16-24(19-21)25(17-10-18-26,22-12-5-3-6-13-22)23-14-7-4-8-15-23/h3-9,11-16,19-20H,10,17-18,26H2,1-2H3. The van der Waals surface area contributed by atoms with Gasteiger partial charge in [-0.25, -0.2) is 0 Å². The molecule has 1 heteroatoms. The van der Waals surface area contributed by atoms with Crippen molar-refractivity contribution >= 4 is 0 Å². The van der Waals surface area contributed by atoms with Gasteiger partial charge in [0.25, 0.3) is 0 Å². The third kappa shape index (κ3) is 3.59. The van der Waals surface area contributed by atoms with Crippen LogP contribution in [0.3, 0.4) is 0 Å². The Kier molecular flexibility index (Phi) is 5.90. The molecule has 0 unspecified atom stereocenters. The lowest BCUT2D eigenvalue weighted by Crippen LogP contribution is -2.30. The summed E-state index contributed by atoms with van der Waals surface area (Å²) in [5.74, 6) is 0.508. The van der Waals surface area contributed by atoms with Crippen LogP contribution in [0.1, 0.15) is 54.9 Å². The molecule has 2 N–H and O–H groups in total. The van der Waals surface area contributed by atoms with E-state index in [1.807, 2.05) is 0 Å². The van der Waals surface area contributed by atoms with Crippen LogP contribution in [0.15, 0.2) is 84.9 Å². The van der Waals surface area contributed by atoms with Gasteiger partial charge in [0.2, 0.25) is 0 Å². The quantitative estimate of drug-likeness (QED) is 0.532. The minimum absolute atomic E-state index is 0.174. The summed E-state index contributed by atoms with van der Waals surface area (Å²) in [6.07, 6.45) is 1.98. The first kappa shape index (κ1) is 18.4. The average molecular weight is 344 g/mol. The van der Waals surface area contributed by atoms with Crippen LogP contribution in [0.4, 0.5) is 0 Å². The molecule has 0 aliphatic carbocycles. The van der Waals surface area contributed by atoms with Gasteiger partial charge in [-0.15, -0.1) is 0 Å². The van der Waals surface area contributed by atoms with Gasteiger partial charge in [-0.3, -0.25) is 0 Å². The highest BCUT2D eigenvalue weighted by molar-refractivity contribution is 5.51. The molecular formula is C25H29N. The van der Waals surface area contributed by atoms with Gasteiger partial charge in [-0.2, -0.15) is 0 Å². The van der Waals surface area contributed by atoms with Gasteiger partial charge >= 0.3 is 0 Å². The van der Waals surface area contributed by atoms with Crippen LogP contribution in [0.2, 0.25) is 0 Å². The largest absolute Gasteiger partial charge is 0.330 e. The van der Waals surface area contributed by atoms with Crippen LogP contribution in [-0.2, 0) is 5.41 Å². The Morgan fingerprint density at radius 2 is 1.27 bits per heavy atom. The molecule has 0 aliphatic heterocycles. The Morgan fingerprint density at radius 1 is 0.731 bits per heavy atom. The van der Waals surface area contributed by atoms with E-state index in [0.29, 0.717) is 12.5 Å². The number of hydrogen-bond donors (Lipinski definition) is 1. The minimum Gasteiger partial charge on any atom is -0.330 e. The Bertz CT molecular complexity index is 766. The fraction of sp³-hybridized carbons (Fsp3) is 0.280. The van der Waals surface area contributed by atoms with Crippen molar-refractivity contribution in [1.82, 2.24) is 0 Å². The third-order valence-corrected chi connectivity index (χ3v) is 5.34. The second-order valence-corrected chi connectivity index (χ2v) is 7.31. The summed E-state index contributed by atoms with van der Waals surface area (Å²) in [5, 5.41) is 0. The van der Waals surface area contributed by atoms with E-state index in [-0.39, 0.29) is 5.41 Å². The first-order valence-electron chi connectivity index (χ1n) is 9.60. The number of nitrogens with two attached hydrogens (primary N) is 1. The molecule has 134 valence electrons. The zero-order valence-corrected chi connectivity index (χ0v) is 15.9. The summed E-state index contributed by atoms with van der Waals surface area (Å²) in [6, 6.07) is 30.9. The summed E-state index contributed by atoms with van der Waals surface area (Å²) in [7, 11) is 0. The van der Waals surface area contributed by atoms with Crippen LogP contribution in [-0.4, -0.2) is 6.54 Å². The van der Waals surface area contributed by atoms with E-state index in [0.717, 1.165) is 12.8 Å². The molecule has 0 bridgehead atoms. The zero-order valence-electron chi connectivity index (χ0n) is 15.9. The molecule has 0 saturated heterocycles. The predicted molar refractivity (Wildman–Crippen MR) is 112 cm³/mol. The Balaban J connectivity index is 2.28. The molecule has 0 radical (unpaired) electrons. The first-order chi connectivity index (χ1) is 12.7. The molecule has 0 atom stereocenters. The maximum atomic E-state index is 5.95. The van der Waals surface area contributed by atoms with Gasteiger partial charge < -0.3 is 5.73 Å². The van der Waals surface area contributed by atoms with E-state index in [4.69, 9.17) is 5.73 Å². The maximum absolute atomic E-state index is 5.95. The SMILES string of the molecule is CC(C)c1cccc(C(CCCN)(c2ccccc2)c2ccccc2)c1. The molecule has 0 heterocycles.